The van der Waals surface area contributed by atoms with Gasteiger partial charge >= 0.3 is 5.97 Å². The van der Waals surface area contributed by atoms with Crippen LogP contribution in [0.5, 0.6) is 23.0 Å². The van der Waals surface area contributed by atoms with Crippen LogP contribution in [0, 0.1) is 0 Å². The summed E-state index contributed by atoms with van der Waals surface area (Å²) in [4.78, 5) is 49.5. The monoisotopic (exact) mass is 597 g/mol. The van der Waals surface area contributed by atoms with E-state index in [1.807, 2.05) is 13.8 Å². The molecule has 10 heteroatoms. The van der Waals surface area contributed by atoms with E-state index in [0.29, 0.717) is 60.9 Å². The van der Waals surface area contributed by atoms with Gasteiger partial charge < -0.3 is 29.3 Å². The predicted octanol–water partition coefficient (Wildman–Crippen LogP) is 5.39. The first kappa shape index (κ1) is 33.4. The molecule has 2 aromatic carbocycles. The highest BCUT2D eigenvalue weighted by Crippen LogP contribution is 2.42. The van der Waals surface area contributed by atoms with Gasteiger partial charge in [0.15, 0.2) is 11.6 Å². The minimum atomic E-state index is -1.09. The summed E-state index contributed by atoms with van der Waals surface area (Å²) in [5.41, 5.74) is 1.27. The summed E-state index contributed by atoms with van der Waals surface area (Å²) in [5, 5.41) is 19.5. The summed E-state index contributed by atoms with van der Waals surface area (Å²) < 4.78 is 18.5. The number of carboxylic acid groups (broad SMARTS) is 1. The lowest BCUT2D eigenvalue weighted by atomic mass is 9.86. The second kappa shape index (κ2) is 14.9. The number of carboxylic acids is 1. The number of carbonyl (C=O) groups is 4. The van der Waals surface area contributed by atoms with Gasteiger partial charge in [-0.05, 0) is 57.4 Å². The van der Waals surface area contributed by atoms with Gasteiger partial charge in [0.2, 0.25) is 5.91 Å². The SMILES string of the molecule is CCCc1c(OCCCOc2ccc3c(c2CCC)OC(C)(CCC(=O)N(C)CC(=O)O)CC3=O)ccc(C(C)=O)c1O. The minimum Gasteiger partial charge on any atom is -0.507 e. The van der Waals surface area contributed by atoms with Gasteiger partial charge in [0.05, 0.1) is 30.8 Å². The predicted molar refractivity (Wildman–Crippen MR) is 161 cm³/mol. The molecule has 1 amide bonds. The van der Waals surface area contributed by atoms with E-state index in [0.717, 1.165) is 23.3 Å². The van der Waals surface area contributed by atoms with Crippen molar-refractivity contribution in [3.05, 3.63) is 46.5 Å². The highest BCUT2D eigenvalue weighted by Gasteiger charge is 2.38. The molecule has 1 heterocycles. The maximum Gasteiger partial charge on any atom is 0.323 e. The number of phenolic OH excluding ortho intramolecular Hbond substituents is 1. The van der Waals surface area contributed by atoms with Crippen molar-refractivity contribution in [2.24, 2.45) is 0 Å². The molecule has 2 N–H and O–H groups in total. The van der Waals surface area contributed by atoms with Crippen LogP contribution in [0.25, 0.3) is 0 Å². The molecule has 0 spiro atoms. The first-order valence-electron chi connectivity index (χ1n) is 14.9. The molecule has 1 aliphatic rings. The lowest BCUT2D eigenvalue weighted by Crippen LogP contribution is -2.41. The summed E-state index contributed by atoms with van der Waals surface area (Å²) in [6.45, 7) is 7.52. The number of benzene rings is 2. The Morgan fingerprint density at radius 3 is 2.21 bits per heavy atom. The molecular formula is C33H43NO9. The van der Waals surface area contributed by atoms with E-state index in [1.54, 1.807) is 31.2 Å². The largest absolute Gasteiger partial charge is 0.507 e. The van der Waals surface area contributed by atoms with Crippen LogP contribution in [0.1, 0.15) is 98.1 Å². The second-order valence-electron chi connectivity index (χ2n) is 11.3. The van der Waals surface area contributed by atoms with E-state index >= 15 is 0 Å². The Hall–Kier alpha value is -4.08. The van der Waals surface area contributed by atoms with E-state index in [9.17, 15) is 24.3 Å². The van der Waals surface area contributed by atoms with Crippen molar-refractivity contribution in [2.75, 3.05) is 26.8 Å². The number of fused-ring (bicyclic) bond motifs is 1. The Morgan fingerprint density at radius 1 is 1.00 bits per heavy atom. The van der Waals surface area contributed by atoms with Crippen LogP contribution in [0.15, 0.2) is 24.3 Å². The maximum atomic E-state index is 13.1. The Morgan fingerprint density at radius 2 is 1.60 bits per heavy atom. The van der Waals surface area contributed by atoms with Crippen molar-refractivity contribution in [2.45, 2.75) is 84.7 Å². The van der Waals surface area contributed by atoms with Crippen LogP contribution in [0.3, 0.4) is 0 Å². The van der Waals surface area contributed by atoms with E-state index in [2.05, 4.69) is 0 Å². The third-order valence-corrected chi connectivity index (χ3v) is 7.49. The summed E-state index contributed by atoms with van der Waals surface area (Å²) in [6.07, 6.45) is 3.77. The Balaban J connectivity index is 1.68. The zero-order chi connectivity index (χ0) is 31.7. The van der Waals surface area contributed by atoms with E-state index in [4.69, 9.17) is 19.3 Å². The van der Waals surface area contributed by atoms with Gasteiger partial charge in [0, 0.05) is 31.0 Å². The molecule has 2 aromatic rings. The fourth-order valence-corrected chi connectivity index (χ4v) is 5.23. The molecule has 1 atom stereocenters. The van der Waals surface area contributed by atoms with Gasteiger partial charge in [-0.3, -0.25) is 19.2 Å². The van der Waals surface area contributed by atoms with Gasteiger partial charge in [-0.25, -0.2) is 0 Å². The van der Waals surface area contributed by atoms with Crippen LogP contribution in [0.4, 0.5) is 0 Å². The van der Waals surface area contributed by atoms with Gasteiger partial charge in [-0.1, -0.05) is 26.7 Å². The number of ether oxygens (including phenoxy) is 3. The number of Topliss-reactive ketones (excluding diaryl/α,β-unsaturated/α-hetero) is 2. The summed E-state index contributed by atoms with van der Waals surface area (Å²) in [6, 6.07) is 6.79. The third-order valence-electron chi connectivity index (χ3n) is 7.49. The number of carbonyl (C=O) groups excluding carboxylic acids is 3. The van der Waals surface area contributed by atoms with Crippen LogP contribution in [-0.2, 0) is 22.4 Å². The molecule has 10 nitrogen and oxygen atoms in total. The van der Waals surface area contributed by atoms with Crippen LogP contribution < -0.4 is 14.2 Å². The second-order valence-corrected chi connectivity index (χ2v) is 11.3. The Bertz CT molecular complexity index is 1350. The van der Waals surface area contributed by atoms with Crippen LogP contribution >= 0.6 is 0 Å². The molecule has 0 saturated heterocycles. The minimum absolute atomic E-state index is 0.0282. The normalized spacial score (nSPS) is 15.8. The van der Waals surface area contributed by atoms with Crippen LogP contribution in [-0.4, -0.2) is 71.0 Å². The third kappa shape index (κ3) is 8.49. The number of amides is 1. The molecule has 0 bridgehead atoms. The quantitative estimate of drug-likeness (QED) is 0.192. The summed E-state index contributed by atoms with van der Waals surface area (Å²) in [7, 11) is 1.44. The Kier molecular flexibility index (Phi) is 11.6. The molecule has 1 aliphatic heterocycles. The lowest BCUT2D eigenvalue weighted by molar-refractivity contribution is -0.143. The molecule has 1 unspecified atom stereocenters. The number of likely N-dealkylation sites (N-methyl/N-ethyl adjacent to an activating group) is 1. The molecule has 0 aliphatic carbocycles. The van der Waals surface area contributed by atoms with Crippen molar-refractivity contribution in [3.63, 3.8) is 0 Å². The van der Waals surface area contributed by atoms with Gasteiger partial charge in [-0.2, -0.15) is 0 Å². The van der Waals surface area contributed by atoms with E-state index in [1.165, 1.54) is 14.0 Å². The van der Waals surface area contributed by atoms with Gasteiger partial charge in [0.1, 0.15) is 35.1 Å². The first-order chi connectivity index (χ1) is 20.4. The summed E-state index contributed by atoms with van der Waals surface area (Å²) in [5.74, 6) is -0.0864. The van der Waals surface area contributed by atoms with Crippen molar-refractivity contribution in [3.8, 4) is 23.0 Å². The van der Waals surface area contributed by atoms with Crippen molar-refractivity contribution in [1.82, 2.24) is 4.90 Å². The number of hydrogen-bond donors (Lipinski definition) is 2. The number of rotatable bonds is 16. The molecule has 234 valence electrons. The van der Waals surface area contributed by atoms with Gasteiger partial charge in [0.25, 0.3) is 0 Å². The number of nitrogens with zero attached hydrogens (tertiary/aromatic N) is 1. The number of aliphatic carboxylic acids is 1. The van der Waals surface area contributed by atoms with Crippen molar-refractivity contribution < 1.29 is 43.6 Å². The van der Waals surface area contributed by atoms with Crippen molar-refractivity contribution in [1.29, 1.82) is 0 Å². The zero-order valence-corrected chi connectivity index (χ0v) is 25.8. The zero-order valence-electron chi connectivity index (χ0n) is 25.8. The lowest BCUT2D eigenvalue weighted by Gasteiger charge is -2.36. The molecule has 0 saturated carbocycles. The molecule has 0 aromatic heterocycles. The average Bonchev–Trinajstić information content (AvgIpc) is 2.93. The number of phenols is 1. The van der Waals surface area contributed by atoms with E-state index in [-0.39, 0.29) is 54.6 Å². The topological polar surface area (TPSA) is 140 Å². The number of ketones is 2. The molecule has 3 rings (SSSR count). The fraction of sp³-hybridized carbons (Fsp3) is 0.515. The van der Waals surface area contributed by atoms with Gasteiger partial charge in [-0.15, -0.1) is 0 Å². The number of aromatic hydroxyl groups is 1. The summed E-state index contributed by atoms with van der Waals surface area (Å²) >= 11 is 0. The first-order valence-corrected chi connectivity index (χ1v) is 14.9. The Labute approximate surface area is 252 Å². The maximum absolute atomic E-state index is 13.1. The molecule has 0 fully saturated rings. The molecular weight excluding hydrogens is 554 g/mol. The average molecular weight is 598 g/mol. The highest BCUT2D eigenvalue weighted by atomic mass is 16.5. The highest BCUT2D eigenvalue weighted by molar-refractivity contribution is 6.01. The van der Waals surface area contributed by atoms with Crippen molar-refractivity contribution >= 4 is 23.4 Å². The van der Waals surface area contributed by atoms with Crippen LogP contribution in [0.2, 0.25) is 0 Å². The standard InChI is InChI=1S/C33H43NO9/c1-6-9-24-27(13-11-22(21(3)35)31(24)40)41-17-8-18-42-28-14-12-23-26(36)19-33(4,43-32(23)25(28)10-7-2)16-15-29(37)34(5)20-30(38)39/h11-14,40H,6-10,15-20H2,1-5H3,(H,38,39). The fourth-order valence-electron chi connectivity index (χ4n) is 5.23. The smallest absolute Gasteiger partial charge is 0.323 e. The number of hydrogen-bond acceptors (Lipinski definition) is 8. The molecule has 43 heavy (non-hydrogen) atoms. The molecule has 0 radical (unpaired) electrons. The van der Waals surface area contributed by atoms with E-state index < -0.39 is 11.6 Å².